The summed E-state index contributed by atoms with van der Waals surface area (Å²) in [6.45, 7) is 4.26. The standard InChI is InChI=1S/C20H26N2O3S2/c1-15-4-8-17(9-5-15)14-21-20(23)19(12-13-26-3)22-27(24,25)18-10-6-16(2)7-11-18/h4-11,19,22H,12-14H2,1-3H3,(H,21,23). The van der Waals surface area contributed by atoms with Gasteiger partial charge in [0.1, 0.15) is 6.04 Å². The van der Waals surface area contributed by atoms with Crippen molar-refractivity contribution in [2.75, 3.05) is 12.0 Å². The molecule has 0 aliphatic rings. The van der Waals surface area contributed by atoms with Crippen molar-refractivity contribution in [3.8, 4) is 0 Å². The Morgan fingerprint density at radius 1 is 1.00 bits per heavy atom. The van der Waals surface area contributed by atoms with E-state index in [1.807, 2.05) is 44.4 Å². The van der Waals surface area contributed by atoms with Gasteiger partial charge < -0.3 is 5.32 Å². The summed E-state index contributed by atoms with van der Waals surface area (Å²) in [5, 5.41) is 2.84. The number of sulfonamides is 1. The van der Waals surface area contributed by atoms with E-state index in [-0.39, 0.29) is 10.8 Å². The lowest BCUT2D eigenvalue weighted by Crippen LogP contribution is -2.46. The second kappa shape index (κ2) is 9.92. The first kappa shape index (κ1) is 21.5. The smallest absolute Gasteiger partial charge is 0.241 e. The Kier molecular flexibility index (Phi) is 7.89. The fraction of sp³-hybridized carbons (Fsp3) is 0.350. The third kappa shape index (κ3) is 6.68. The van der Waals surface area contributed by atoms with Gasteiger partial charge in [-0.2, -0.15) is 16.5 Å². The van der Waals surface area contributed by atoms with Crippen molar-refractivity contribution in [3.63, 3.8) is 0 Å². The molecule has 0 fully saturated rings. The van der Waals surface area contributed by atoms with Gasteiger partial charge in [0.2, 0.25) is 15.9 Å². The third-order valence-electron chi connectivity index (χ3n) is 4.14. The molecule has 2 N–H and O–H groups in total. The Morgan fingerprint density at radius 2 is 1.56 bits per heavy atom. The van der Waals surface area contributed by atoms with Gasteiger partial charge >= 0.3 is 0 Å². The summed E-state index contributed by atoms with van der Waals surface area (Å²) in [7, 11) is -3.76. The van der Waals surface area contributed by atoms with Crippen LogP contribution in [-0.4, -0.2) is 32.4 Å². The molecule has 0 spiro atoms. The van der Waals surface area contributed by atoms with E-state index in [2.05, 4.69) is 10.0 Å². The minimum Gasteiger partial charge on any atom is -0.351 e. The first-order valence-electron chi connectivity index (χ1n) is 8.73. The van der Waals surface area contributed by atoms with E-state index in [1.54, 1.807) is 36.0 Å². The summed E-state index contributed by atoms with van der Waals surface area (Å²) in [6.07, 6.45) is 2.35. The number of hydrogen-bond acceptors (Lipinski definition) is 4. The van der Waals surface area contributed by atoms with Crippen LogP contribution in [0.5, 0.6) is 0 Å². The number of aryl methyl sites for hydroxylation is 2. The lowest BCUT2D eigenvalue weighted by molar-refractivity contribution is -0.122. The van der Waals surface area contributed by atoms with Crippen molar-refractivity contribution in [2.24, 2.45) is 0 Å². The number of carbonyl (C=O) groups excluding carboxylic acids is 1. The molecule has 0 heterocycles. The molecule has 2 rings (SSSR count). The van der Waals surface area contributed by atoms with Gasteiger partial charge in [-0.3, -0.25) is 4.79 Å². The number of amides is 1. The van der Waals surface area contributed by atoms with Crippen LogP contribution in [0, 0.1) is 13.8 Å². The van der Waals surface area contributed by atoms with Gasteiger partial charge in [-0.1, -0.05) is 47.5 Å². The maximum absolute atomic E-state index is 12.6. The Labute approximate surface area is 166 Å². The molecule has 7 heteroatoms. The first-order valence-corrected chi connectivity index (χ1v) is 11.6. The molecule has 2 aromatic rings. The van der Waals surface area contributed by atoms with Gasteiger partial charge in [-0.25, -0.2) is 8.42 Å². The number of benzene rings is 2. The van der Waals surface area contributed by atoms with Crippen LogP contribution in [0.3, 0.4) is 0 Å². The lowest BCUT2D eigenvalue weighted by Gasteiger charge is -2.18. The van der Waals surface area contributed by atoms with E-state index in [0.29, 0.717) is 18.7 Å². The molecule has 5 nitrogen and oxygen atoms in total. The van der Waals surface area contributed by atoms with Crippen LogP contribution in [0.15, 0.2) is 53.4 Å². The van der Waals surface area contributed by atoms with E-state index in [4.69, 9.17) is 0 Å². The summed E-state index contributed by atoms with van der Waals surface area (Å²) in [5.74, 6) is 0.360. The Bertz CT molecular complexity index is 848. The van der Waals surface area contributed by atoms with Gasteiger partial charge in [-0.15, -0.1) is 0 Å². The van der Waals surface area contributed by atoms with E-state index >= 15 is 0 Å². The molecule has 27 heavy (non-hydrogen) atoms. The Balaban J connectivity index is 2.07. The predicted molar refractivity (Wildman–Crippen MR) is 111 cm³/mol. The summed E-state index contributed by atoms with van der Waals surface area (Å²) < 4.78 is 27.8. The van der Waals surface area contributed by atoms with Gasteiger partial charge in [0.25, 0.3) is 0 Å². The molecule has 0 saturated carbocycles. The quantitative estimate of drug-likeness (QED) is 0.671. The van der Waals surface area contributed by atoms with Crippen molar-refractivity contribution >= 4 is 27.7 Å². The van der Waals surface area contributed by atoms with Gasteiger partial charge in [0, 0.05) is 6.54 Å². The zero-order chi connectivity index (χ0) is 19.9. The fourth-order valence-corrected chi connectivity index (χ4v) is 4.17. The maximum atomic E-state index is 12.6. The highest BCUT2D eigenvalue weighted by Gasteiger charge is 2.25. The van der Waals surface area contributed by atoms with Gasteiger partial charge in [0.05, 0.1) is 4.90 Å². The minimum atomic E-state index is -3.76. The summed E-state index contributed by atoms with van der Waals surface area (Å²) in [6, 6.07) is 13.6. The number of nitrogens with one attached hydrogen (secondary N) is 2. The molecule has 0 aliphatic carbocycles. The van der Waals surface area contributed by atoms with E-state index in [9.17, 15) is 13.2 Å². The van der Waals surface area contributed by atoms with Gasteiger partial charge in [0.15, 0.2) is 0 Å². The van der Waals surface area contributed by atoms with Crippen LogP contribution in [0.2, 0.25) is 0 Å². The number of carbonyl (C=O) groups is 1. The SMILES string of the molecule is CSCCC(NS(=O)(=O)c1ccc(C)cc1)C(=O)NCc1ccc(C)cc1. The van der Waals surface area contributed by atoms with Crippen molar-refractivity contribution in [3.05, 3.63) is 65.2 Å². The van der Waals surface area contributed by atoms with Crippen molar-refractivity contribution < 1.29 is 13.2 Å². The predicted octanol–water partition coefficient (Wildman–Crippen LogP) is 3.02. The maximum Gasteiger partial charge on any atom is 0.241 e. The second-order valence-corrected chi connectivity index (χ2v) is 9.17. The molecule has 146 valence electrons. The second-order valence-electron chi connectivity index (χ2n) is 6.47. The number of thioether (sulfide) groups is 1. The van der Waals surface area contributed by atoms with E-state index < -0.39 is 16.1 Å². The van der Waals surface area contributed by atoms with E-state index in [0.717, 1.165) is 16.7 Å². The van der Waals surface area contributed by atoms with Crippen LogP contribution < -0.4 is 10.0 Å². The number of hydrogen-bond donors (Lipinski definition) is 2. The van der Waals surface area contributed by atoms with Crippen LogP contribution in [0.25, 0.3) is 0 Å². The molecule has 0 radical (unpaired) electrons. The molecule has 1 unspecified atom stereocenters. The molecule has 0 aromatic heterocycles. The summed E-state index contributed by atoms with van der Waals surface area (Å²) >= 11 is 1.57. The Hall–Kier alpha value is -1.83. The normalized spacial score (nSPS) is 12.6. The molecule has 1 amide bonds. The average Bonchev–Trinajstić information content (AvgIpc) is 2.64. The molecule has 1 atom stereocenters. The van der Waals surface area contributed by atoms with Crippen LogP contribution in [0.4, 0.5) is 0 Å². The van der Waals surface area contributed by atoms with Crippen LogP contribution in [-0.2, 0) is 21.4 Å². The van der Waals surface area contributed by atoms with Crippen molar-refractivity contribution in [2.45, 2.75) is 37.8 Å². The highest BCUT2D eigenvalue weighted by Crippen LogP contribution is 2.12. The molecular weight excluding hydrogens is 380 g/mol. The Morgan fingerprint density at radius 3 is 2.11 bits per heavy atom. The average molecular weight is 407 g/mol. The largest absolute Gasteiger partial charge is 0.351 e. The summed E-state index contributed by atoms with van der Waals surface area (Å²) in [5.41, 5.74) is 3.09. The van der Waals surface area contributed by atoms with Crippen molar-refractivity contribution in [1.29, 1.82) is 0 Å². The molecular formula is C20H26N2O3S2. The highest BCUT2D eigenvalue weighted by molar-refractivity contribution is 7.98. The third-order valence-corrected chi connectivity index (χ3v) is 6.27. The first-order chi connectivity index (χ1) is 12.8. The van der Waals surface area contributed by atoms with Crippen LogP contribution >= 0.6 is 11.8 Å². The van der Waals surface area contributed by atoms with Gasteiger partial charge in [-0.05, 0) is 50.0 Å². The fourth-order valence-electron chi connectivity index (χ4n) is 2.47. The molecule has 0 bridgehead atoms. The zero-order valence-electron chi connectivity index (χ0n) is 15.9. The summed E-state index contributed by atoms with van der Waals surface area (Å²) in [4.78, 5) is 12.8. The lowest BCUT2D eigenvalue weighted by atomic mass is 10.1. The number of rotatable bonds is 9. The monoisotopic (exact) mass is 406 g/mol. The van der Waals surface area contributed by atoms with E-state index in [1.165, 1.54) is 0 Å². The van der Waals surface area contributed by atoms with Crippen LogP contribution in [0.1, 0.15) is 23.1 Å². The molecule has 0 saturated heterocycles. The molecule has 0 aliphatic heterocycles. The highest BCUT2D eigenvalue weighted by atomic mass is 32.2. The molecule has 2 aromatic carbocycles. The topological polar surface area (TPSA) is 75.3 Å². The minimum absolute atomic E-state index is 0.161. The van der Waals surface area contributed by atoms with Crippen molar-refractivity contribution in [1.82, 2.24) is 10.0 Å². The zero-order valence-corrected chi connectivity index (χ0v) is 17.5.